The van der Waals surface area contributed by atoms with E-state index in [9.17, 15) is 14.7 Å². The first kappa shape index (κ1) is 18.0. The van der Waals surface area contributed by atoms with Crippen molar-refractivity contribution in [1.82, 2.24) is 4.90 Å². The van der Waals surface area contributed by atoms with Crippen molar-refractivity contribution in [2.45, 2.75) is 18.9 Å². The third kappa shape index (κ3) is 4.65. The van der Waals surface area contributed by atoms with Crippen LogP contribution in [0.2, 0.25) is 0 Å². The monoisotopic (exact) mass is 251 g/mol. The summed E-state index contributed by atoms with van der Waals surface area (Å²) >= 11 is 4.46. The number of carboxylic acid groups (broad SMARTS) is 1. The maximum Gasteiger partial charge on any atom is 1.00 e. The third-order valence-electron chi connectivity index (χ3n) is 1.83. The molecule has 1 saturated heterocycles. The smallest absolute Gasteiger partial charge is 0.709 e. The van der Waals surface area contributed by atoms with Gasteiger partial charge in [0, 0.05) is 6.54 Å². The molecule has 1 aliphatic heterocycles. The van der Waals surface area contributed by atoms with Crippen LogP contribution in [0.1, 0.15) is 12.8 Å². The molecule has 68 valence electrons. The number of hydrogen-bond donors (Lipinski definition) is 0. The largest absolute Gasteiger partial charge is 1.00 e. The zero-order valence-electron chi connectivity index (χ0n) is 8.19. The molecule has 0 unspecified atom stereocenters. The van der Waals surface area contributed by atoms with E-state index in [2.05, 4.69) is 11.7 Å². The van der Waals surface area contributed by atoms with E-state index in [1.54, 1.807) is 0 Å². The van der Waals surface area contributed by atoms with Gasteiger partial charge in [0.1, 0.15) is 0 Å². The zero-order chi connectivity index (χ0) is 9.14. The Morgan fingerprint density at radius 3 is 2.43 bits per heavy atom. The van der Waals surface area contributed by atoms with Gasteiger partial charge in [-0.25, -0.2) is 10.8 Å². The van der Waals surface area contributed by atoms with Crippen LogP contribution in [0.15, 0.2) is 0 Å². The molecule has 1 aliphatic rings. The molecule has 0 radical (unpaired) electrons. The van der Waals surface area contributed by atoms with E-state index in [1.807, 2.05) is 0 Å². The van der Waals surface area contributed by atoms with Gasteiger partial charge in [-0.3, -0.25) is 4.79 Å². The van der Waals surface area contributed by atoms with E-state index >= 15 is 0 Å². The normalized spacial score (nSPS) is 19.5. The Kier molecular flexibility index (Phi) is 11.3. The molecule has 1 fully saturated rings. The molecule has 0 bridgehead atoms. The minimum atomic E-state index is -1.19. The fourth-order valence-corrected chi connectivity index (χ4v) is 1.88. The summed E-state index contributed by atoms with van der Waals surface area (Å²) in [5.41, 5.74) is 0. The van der Waals surface area contributed by atoms with E-state index in [1.165, 1.54) is 4.90 Å². The summed E-state index contributed by atoms with van der Waals surface area (Å²) in [5.74, 6) is -1.19. The molecule has 0 aliphatic carbocycles. The van der Waals surface area contributed by atoms with Crippen LogP contribution in [0.5, 0.6) is 0 Å². The second-order valence-electron chi connectivity index (χ2n) is 2.52. The number of nitrogens with zero attached hydrogens (tertiary/aromatic N) is 1. The van der Waals surface area contributed by atoms with Crippen LogP contribution in [-0.4, -0.2) is 28.7 Å². The minimum absolute atomic E-state index is 0. The number of likely N-dealkylation sites (tertiary alicyclic amines) is 1. The fraction of sp³-hybridized carbons (Fsp3) is 0.667. The van der Waals surface area contributed by atoms with Gasteiger partial charge in [-0.2, -0.15) is 0 Å². The van der Waals surface area contributed by atoms with Gasteiger partial charge in [0.15, 0.2) is 0 Å². The summed E-state index contributed by atoms with van der Waals surface area (Å²) in [4.78, 5) is 22.8. The standard InChI is InChI=1S/C6H9NO3S2.2Na/c8-5(9)4-2-1-3-7(4)6(10)12-11;;/h4,11H,1-3H2,(H,8,9);;/q;2*+1/p-2/t4-;;/m1../s1. The second kappa shape index (κ2) is 8.75. The van der Waals surface area contributed by atoms with Crippen LogP contribution in [-0.2, 0) is 16.5 Å². The Labute approximate surface area is 136 Å². The van der Waals surface area contributed by atoms with Crippen LogP contribution in [0, 0.1) is 0 Å². The van der Waals surface area contributed by atoms with Gasteiger partial charge in [0.05, 0.1) is 12.0 Å². The first-order valence-electron chi connectivity index (χ1n) is 3.48. The SMILES string of the molecule is O=C([O-])[C@H]1CCCN1C(=O)S[S-].[Na+].[Na+]. The first-order chi connectivity index (χ1) is 5.66. The van der Waals surface area contributed by atoms with Crippen LogP contribution in [0.4, 0.5) is 4.79 Å². The Morgan fingerprint density at radius 2 is 2.00 bits per heavy atom. The summed E-state index contributed by atoms with van der Waals surface area (Å²) in [6.07, 6.45) is 1.18. The summed E-state index contributed by atoms with van der Waals surface area (Å²) < 4.78 is 0. The van der Waals surface area contributed by atoms with Gasteiger partial charge in [-0.15, -0.1) is 0 Å². The van der Waals surface area contributed by atoms with Gasteiger partial charge in [0.25, 0.3) is 5.24 Å². The van der Waals surface area contributed by atoms with Crippen LogP contribution >= 0.6 is 10.8 Å². The first-order valence-corrected chi connectivity index (χ1v) is 5.22. The van der Waals surface area contributed by atoms with E-state index in [0.29, 0.717) is 30.2 Å². The Morgan fingerprint density at radius 1 is 1.43 bits per heavy atom. The third-order valence-corrected chi connectivity index (χ3v) is 2.64. The molecule has 4 nitrogen and oxygen atoms in total. The van der Waals surface area contributed by atoms with E-state index in [4.69, 9.17) is 0 Å². The van der Waals surface area contributed by atoms with Gasteiger partial charge in [-0.05, 0) is 12.8 Å². The minimum Gasteiger partial charge on any atom is -0.709 e. The van der Waals surface area contributed by atoms with Gasteiger partial charge in [0.2, 0.25) is 0 Å². The predicted octanol–water partition coefficient (Wildman–Crippen LogP) is -6.48. The molecule has 1 atom stereocenters. The van der Waals surface area contributed by atoms with Crippen molar-refractivity contribution in [3.8, 4) is 0 Å². The Bertz CT molecular complexity index is 217. The number of rotatable bonds is 1. The van der Waals surface area contributed by atoms with Gasteiger partial charge < -0.3 is 26.5 Å². The molecule has 0 aromatic heterocycles. The molecule has 1 rings (SSSR count). The van der Waals surface area contributed by atoms with Crippen molar-refractivity contribution in [3.63, 3.8) is 0 Å². The number of carboxylic acids is 1. The fourth-order valence-electron chi connectivity index (χ4n) is 1.28. The van der Waals surface area contributed by atoms with Crippen molar-refractivity contribution < 1.29 is 73.8 Å². The van der Waals surface area contributed by atoms with Crippen LogP contribution in [0.3, 0.4) is 0 Å². The molecule has 0 aromatic carbocycles. The van der Waals surface area contributed by atoms with E-state index in [0.717, 1.165) is 0 Å². The number of carbonyl (C=O) groups is 2. The molecule has 1 amide bonds. The summed E-state index contributed by atoms with van der Waals surface area (Å²) in [5, 5.41) is 10.1. The number of hydrogen-bond acceptors (Lipinski definition) is 5. The Hall–Kier alpha value is 1.64. The molecule has 0 saturated carbocycles. The maximum atomic E-state index is 11.0. The summed E-state index contributed by atoms with van der Waals surface area (Å²) in [6, 6.07) is -0.770. The molecule has 0 spiro atoms. The average molecular weight is 251 g/mol. The summed E-state index contributed by atoms with van der Waals surface area (Å²) in [7, 11) is 0.622. The topological polar surface area (TPSA) is 60.4 Å². The van der Waals surface area contributed by atoms with Gasteiger partial charge in [-0.1, -0.05) is 0 Å². The van der Waals surface area contributed by atoms with Crippen molar-refractivity contribution in [1.29, 1.82) is 0 Å². The number of amides is 1. The second-order valence-corrected chi connectivity index (χ2v) is 3.54. The predicted molar refractivity (Wildman–Crippen MR) is 45.1 cm³/mol. The molecule has 14 heavy (non-hydrogen) atoms. The van der Waals surface area contributed by atoms with Crippen LogP contribution < -0.4 is 64.2 Å². The molecule has 0 N–H and O–H groups in total. The molecule has 1 heterocycles. The molecule has 8 heteroatoms. The van der Waals surface area contributed by atoms with Gasteiger partial charge >= 0.3 is 59.1 Å². The Balaban J connectivity index is 0. The average Bonchev–Trinajstić information content (AvgIpc) is 2.50. The number of aliphatic carboxylic acids is 1. The molecular formula is C6H7NNa2O3S2. The van der Waals surface area contributed by atoms with Crippen molar-refractivity contribution in [3.05, 3.63) is 0 Å². The van der Waals surface area contributed by atoms with Crippen molar-refractivity contribution >= 4 is 33.7 Å². The van der Waals surface area contributed by atoms with Crippen LogP contribution in [0.25, 0.3) is 0 Å². The number of carbonyl (C=O) groups excluding carboxylic acids is 2. The summed E-state index contributed by atoms with van der Waals surface area (Å²) in [6.45, 7) is 0.473. The van der Waals surface area contributed by atoms with Crippen molar-refractivity contribution in [2.75, 3.05) is 6.54 Å². The quantitative estimate of drug-likeness (QED) is 0.263. The molecular weight excluding hydrogens is 244 g/mol. The molecule has 0 aromatic rings. The van der Waals surface area contributed by atoms with Crippen molar-refractivity contribution in [2.24, 2.45) is 0 Å². The van der Waals surface area contributed by atoms with E-state index < -0.39 is 12.0 Å². The maximum absolute atomic E-state index is 11.0. The van der Waals surface area contributed by atoms with E-state index in [-0.39, 0.29) is 64.4 Å². The zero-order valence-corrected chi connectivity index (χ0v) is 13.8.